The van der Waals surface area contributed by atoms with Crippen molar-refractivity contribution >= 4 is 17.3 Å². The molecule has 4 heteroatoms. The van der Waals surface area contributed by atoms with Gasteiger partial charge in [-0.3, -0.25) is 4.79 Å². The third kappa shape index (κ3) is 2.00. The van der Waals surface area contributed by atoms with Crippen LogP contribution in [-0.2, 0) is 4.79 Å². The van der Waals surface area contributed by atoms with Crippen molar-refractivity contribution in [3.05, 3.63) is 65.7 Å². The molecular formula is C16H14N2O2. The second-order valence-electron chi connectivity index (χ2n) is 4.63. The van der Waals surface area contributed by atoms with Crippen molar-refractivity contribution in [2.45, 2.75) is 6.23 Å². The molecule has 100 valence electrons. The smallest absolute Gasteiger partial charge is 0.278 e. The van der Waals surface area contributed by atoms with Crippen LogP contribution in [0.25, 0.3) is 0 Å². The molecule has 1 atom stereocenters. The Morgan fingerprint density at radius 2 is 1.70 bits per heavy atom. The van der Waals surface area contributed by atoms with Gasteiger partial charge in [-0.15, -0.1) is 0 Å². The molecule has 0 aromatic heterocycles. The van der Waals surface area contributed by atoms with E-state index in [2.05, 4.69) is 4.99 Å². The summed E-state index contributed by atoms with van der Waals surface area (Å²) in [7, 11) is 1.65. The lowest BCUT2D eigenvalue weighted by molar-refractivity contribution is -0.125. The minimum atomic E-state index is -1.37. The Balaban J connectivity index is 2.24. The zero-order chi connectivity index (χ0) is 14.1. The lowest BCUT2D eigenvalue weighted by Crippen LogP contribution is -2.34. The van der Waals surface area contributed by atoms with Gasteiger partial charge in [-0.25, -0.2) is 4.99 Å². The van der Waals surface area contributed by atoms with Gasteiger partial charge in [-0.05, 0) is 6.07 Å². The van der Waals surface area contributed by atoms with Gasteiger partial charge in [0.05, 0.1) is 11.4 Å². The SMILES string of the molecule is CN1C(=O)[C@H](O)N=C(c2ccccc2)c2ccccc21. The molecule has 0 radical (unpaired) electrons. The van der Waals surface area contributed by atoms with Gasteiger partial charge < -0.3 is 10.0 Å². The second kappa shape index (κ2) is 4.90. The minimum absolute atomic E-state index is 0.427. The molecule has 3 rings (SSSR count). The van der Waals surface area contributed by atoms with E-state index in [1.807, 2.05) is 54.6 Å². The first-order valence-corrected chi connectivity index (χ1v) is 6.37. The van der Waals surface area contributed by atoms with Crippen LogP contribution in [0.3, 0.4) is 0 Å². The summed E-state index contributed by atoms with van der Waals surface area (Å²) in [5.41, 5.74) is 3.09. The molecule has 0 aliphatic carbocycles. The summed E-state index contributed by atoms with van der Waals surface area (Å²) in [5.74, 6) is -0.427. The number of benzene rings is 2. The molecule has 1 aliphatic heterocycles. The Kier molecular flexibility index (Phi) is 3.08. The Morgan fingerprint density at radius 1 is 1.05 bits per heavy atom. The zero-order valence-electron chi connectivity index (χ0n) is 11.0. The fourth-order valence-electron chi connectivity index (χ4n) is 2.33. The van der Waals surface area contributed by atoms with E-state index in [9.17, 15) is 9.90 Å². The van der Waals surface area contributed by atoms with Crippen molar-refractivity contribution in [3.8, 4) is 0 Å². The normalized spacial score (nSPS) is 18.3. The number of carbonyl (C=O) groups excluding carboxylic acids is 1. The molecule has 1 N–H and O–H groups in total. The first-order valence-electron chi connectivity index (χ1n) is 6.37. The molecule has 1 amide bonds. The van der Waals surface area contributed by atoms with Crippen molar-refractivity contribution in [2.75, 3.05) is 11.9 Å². The van der Waals surface area contributed by atoms with Crippen molar-refractivity contribution < 1.29 is 9.90 Å². The fourth-order valence-corrected chi connectivity index (χ4v) is 2.33. The second-order valence-corrected chi connectivity index (χ2v) is 4.63. The van der Waals surface area contributed by atoms with Crippen LogP contribution in [0.5, 0.6) is 0 Å². The number of nitrogens with zero attached hydrogens (tertiary/aromatic N) is 2. The first-order chi connectivity index (χ1) is 9.68. The Labute approximate surface area is 117 Å². The predicted octanol–water partition coefficient (Wildman–Crippen LogP) is 1.82. The van der Waals surface area contributed by atoms with Crippen LogP contribution in [0.4, 0.5) is 5.69 Å². The lowest BCUT2D eigenvalue weighted by atomic mass is 10.0. The molecule has 0 fully saturated rings. The molecule has 2 aromatic rings. The highest BCUT2D eigenvalue weighted by Gasteiger charge is 2.27. The molecule has 2 aromatic carbocycles. The fraction of sp³-hybridized carbons (Fsp3) is 0.125. The molecule has 0 saturated heterocycles. The van der Waals surface area contributed by atoms with Crippen LogP contribution < -0.4 is 4.90 Å². The Morgan fingerprint density at radius 3 is 2.45 bits per heavy atom. The van der Waals surface area contributed by atoms with E-state index in [1.165, 1.54) is 4.90 Å². The predicted molar refractivity (Wildman–Crippen MR) is 77.9 cm³/mol. The third-order valence-corrected chi connectivity index (χ3v) is 3.37. The van der Waals surface area contributed by atoms with E-state index in [0.717, 1.165) is 16.8 Å². The van der Waals surface area contributed by atoms with E-state index in [0.29, 0.717) is 5.71 Å². The highest BCUT2D eigenvalue weighted by molar-refractivity contribution is 6.19. The largest absolute Gasteiger partial charge is 0.364 e. The molecule has 0 spiro atoms. The quantitative estimate of drug-likeness (QED) is 0.856. The van der Waals surface area contributed by atoms with E-state index >= 15 is 0 Å². The average Bonchev–Trinajstić information content (AvgIpc) is 2.60. The van der Waals surface area contributed by atoms with Crippen molar-refractivity contribution in [1.29, 1.82) is 0 Å². The number of aliphatic hydroxyl groups excluding tert-OH is 1. The van der Waals surface area contributed by atoms with Gasteiger partial charge in [-0.1, -0.05) is 48.5 Å². The lowest BCUT2D eigenvalue weighted by Gasteiger charge is -2.18. The topological polar surface area (TPSA) is 52.9 Å². The average molecular weight is 266 g/mol. The zero-order valence-corrected chi connectivity index (χ0v) is 11.0. The van der Waals surface area contributed by atoms with Crippen LogP contribution in [-0.4, -0.2) is 30.0 Å². The molecular weight excluding hydrogens is 252 g/mol. The summed E-state index contributed by atoms with van der Waals surface area (Å²) in [5, 5.41) is 9.95. The number of amides is 1. The van der Waals surface area contributed by atoms with Crippen LogP contribution in [0.1, 0.15) is 11.1 Å². The maximum Gasteiger partial charge on any atom is 0.278 e. The highest BCUT2D eigenvalue weighted by Crippen LogP contribution is 2.26. The number of benzodiazepines with no additional fused rings is 1. The number of hydrogen-bond donors (Lipinski definition) is 1. The van der Waals surface area contributed by atoms with E-state index in [4.69, 9.17) is 0 Å². The van der Waals surface area contributed by atoms with E-state index < -0.39 is 12.1 Å². The highest BCUT2D eigenvalue weighted by atomic mass is 16.3. The molecule has 1 heterocycles. The van der Waals surface area contributed by atoms with E-state index in [1.54, 1.807) is 7.05 Å². The number of aliphatic imine (C=N–C) groups is 1. The first kappa shape index (κ1) is 12.6. The van der Waals surface area contributed by atoms with Gasteiger partial charge >= 0.3 is 0 Å². The molecule has 4 nitrogen and oxygen atoms in total. The van der Waals surface area contributed by atoms with Crippen LogP contribution >= 0.6 is 0 Å². The maximum atomic E-state index is 12.1. The van der Waals surface area contributed by atoms with Gasteiger partial charge in [0.25, 0.3) is 5.91 Å². The van der Waals surface area contributed by atoms with Crippen molar-refractivity contribution in [2.24, 2.45) is 4.99 Å². The number of likely N-dealkylation sites (N-methyl/N-ethyl adjacent to an activating group) is 1. The summed E-state index contributed by atoms with van der Waals surface area (Å²) in [6.45, 7) is 0. The van der Waals surface area contributed by atoms with Crippen molar-refractivity contribution in [1.82, 2.24) is 0 Å². The van der Waals surface area contributed by atoms with Crippen LogP contribution in [0.2, 0.25) is 0 Å². The number of fused-ring (bicyclic) bond motifs is 1. The van der Waals surface area contributed by atoms with Crippen molar-refractivity contribution in [3.63, 3.8) is 0 Å². The van der Waals surface area contributed by atoms with Gasteiger partial charge in [0.2, 0.25) is 6.23 Å². The number of aliphatic hydroxyl groups is 1. The number of anilines is 1. The molecule has 0 unspecified atom stereocenters. The number of carbonyl (C=O) groups is 1. The summed E-state index contributed by atoms with van der Waals surface area (Å²) in [4.78, 5) is 17.7. The van der Waals surface area contributed by atoms with E-state index in [-0.39, 0.29) is 0 Å². The molecule has 0 bridgehead atoms. The monoisotopic (exact) mass is 266 g/mol. The van der Waals surface area contributed by atoms with Crippen LogP contribution in [0.15, 0.2) is 59.6 Å². The minimum Gasteiger partial charge on any atom is -0.364 e. The van der Waals surface area contributed by atoms with Gasteiger partial charge in [0, 0.05) is 18.2 Å². The molecule has 20 heavy (non-hydrogen) atoms. The molecule has 1 aliphatic rings. The molecule has 0 saturated carbocycles. The Bertz CT molecular complexity index is 680. The third-order valence-electron chi connectivity index (χ3n) is 3.37. The summed E-state index contributed by atoms with van der Waals surface area (Å²) < 4.78 is 0. The summed E-state index contributed by atoms with van der Waals surface area (Å²) >= 11 is 0. The van der Waals surface area contributed by atoms with Gasteiger partial charge in [0.1, 0.15) is 0 Å². The standard InChI is InChI=1S/C16H14N2O2/c1-18-13-10-6-5-9-12(13)14(17-15(19)16(18)20)11-7-3-2-4-8-11/h2-10,15,19H,1H3/t15-/m0/s1. The van der Waals surface area contributed by atoms with Gasteiger partial charge in [0.15, 0.2) is 0 Å². The summed E-state index contributed by atoms with van der Waals surface area (Å²) in [6.07, 6.45) is -1.37. The maximum absolute atomic E-state index is 12.1. The number of para-hydroxylation sites is 1. The van der Waals surface area contributed by atoms with Gasteiger partial charge in [-0.2, -0.15) is 0 Å². The number of rotatable bonds is 1. The number of hydrogen-bond acceptors (Lipinski definition) is 3. The summed E-state index contributed by atoms with van der Waals surface area (Å²) in [6, 6.07) is 17.1. The Hall–Kier alpha value is -2.46. The van der Waals surface area contributed by atoms with Crippen LogP contribution in [0, 0.1) is 0 Å².